The van der Waals surface area contributed by atoms with Crippen LogP contribution in [0.3, 0.4) is 0 Å². The van der Waals surface area contributed by atoms with Crippen molar-refractivity contribution in [2.24, 2.45) is 0 Å². The average molecular weight is 409 g/mol. The van der Waals surface area contributed by atoms with Gasteiger partial charge < -0.3 is 13.9 Å². The van der Waals surface area contributed by atoms with E-state index in [0.717, 1.165) is 48.1 Å². The Labute approximate surface area is 175 Å². The van der Waals surface area contributed by atoms with Crippen LogP contribution in [0.4, 0.5) is 0 Å². The van der Waals surface area contributed by atoms with Gasteiger partial charge in [0.05, 0.1) is 44.3 Å². The molecule has 0 amide bonds. The molecule has 2 aromatic heterocycles. The second kappa shape index (κ2) is 7.85. The summed E-state index contributed by atoms with van der Waals surface area (Å²) in [5.74, 6) is 2.75. The van der Waals surface area contributed by atoms with Crippen LogP contribution in [-0.2, 0) is 11.3 Å². The maximum absolute atomic E-state index is 5.92. The van der Waals surface area contributed by atoms with E-state index in [1.807, 2.05) is 28.9 Å². The monoisotopic (exact) mass is 409 g/mol. The van der Waals surface area contributed by atoms with E-state index in [1.54, 1.807) is 7.11 Å². The third-order valence-electron chi connectivity index (χ3n) is 5.97. The van der Waals surface area contributed by atoms with E-state index >= 15 is 0 Å². The van der Waals surface area contributed by atoms with Gasteiger partial charge in [-0.05, 0) is 38.8 Å². The van der Waals surface area contributed by atoms with Gasteiger partial charge in [-0.1, -0.05) is 6.07 Å². The molecule has 0 spiro atoms. The molecule has 2 fully saturated rings. The molecule has 8 nitrogen and oxygen atoms in total. The normalized spacial score (nSPS) is 19.9. The Hall–Kier alpha value is -2.71. The van der Waals surface area contributed by atoms with Gasteiger partial charge in [-0.25, -0.2) is 4.68 Å². The lowest BCUT2D eigenvalue weighted by molar-refractivity contribution is -0.0167. The lowest BCUT2D eigenvalue weighted by Gasteiger charge is -2.35. The SMILES string of the molecule is COc1cccc(-n2nc(C)c([C@H]3COCCN3Cc3nnc(C4CC4)o3)c2C)c1. The zero-order valence-electron chi connectivity index (χ0n) is 17.7. The first-order chi connectivity index (χ1) is 14.6. The van der Waals surface area contributed by atoms with Gasteiger partial charge in [0.1, 0.15) is 5.75 Å². The standard InChI is InChI=1S/C22H27N5O3/c1-14-21(15(2)27(25-14)17-5-4-6-18(11-17)28-3)19-13-29-10-9-26(19)12-20-23-24-22(30-20)16-7-8-16/h4-6,11,16,19H,7-10,12-13H2,1-3H3/t19-/m1/s1. The van der Waals surface area contributed by atoms with Gasteiger partial charge in [0, 0.05) is 29.8 Å². The predicted molar refractivity (Wildman–Crippen MR) is 110 cm³/mol. The predicted octanol–water partition coefficient (Wildman–Crippen LogP) is 3.33. The van der Waals surface area contributed by atoms with Crippen LogP contribution in [-0.4, -0.2) is 51.7 Å². The third-order valence-corrected chi connectivity index (χ3v) is 5.97. The van der Waals surface area contributed by atoms with Gasteiger partial charge in [0.2, 0.25) is 11.8 Å². The molecule has 1 saturated carbocycles. The number of hydrogen-bond donors (Lipinski definition) is 0. The van der Waals surface area contributed by atoms with E-state index in [1.165, 1.54) is 5.56 Å². The van der Waals surface area contributed by atoms with Crippen molar-refractivity contribution in [1.29, 1.82) is 0 Å². The number of nitrogens with zero attached hydrogens (tertiary/aromatic N) is 5. The highest BCUT2D eigenvalue weighted by Gasteiger charge is 2.33. The van der Waals surface area contributed by atoms with Crippen molar-refractivity contribution in [3.8, 4) is 11.4 Å². The van der Waals surface area contributed by atoms with Crippen LogP contribution in [0.25, 0.3) is 5.69 Å². The van der Waals surface area contributed by atoms with Crippen LogP contribution in [0.1, 0.15) is 53.5 Å². The molecule has 8 heteroatoms. The molecule has 158 valence electrons. The number of benzene rings is 1. The summed E-state index contributed by atoms with van der Waals surface area (Å²) in [7, 11) is 1.68. The summed E-state index contributed by atoms with van der Waals surface area (Å²) in [5.41, 5.74) is 4.28. The Kier molecular flexibility index (Phi) is 5.04. The maximum atomic E-state index is 5.92. The summed E-state index contributed by atoms with van der Waals surface area (Å²) < 4.78 is 19.1. The molecule has 1 aliphatic heterocycles. The van der Waals surface area contributed by atoms with Crippen molar-refractivity contribution in [2.45, 2.75) is 45.2 Å². The Morgan fingerprint density at radius 2 is 2.07 bits per heavy atom. The summed E-state index contributed by atoms with van der Waals surface area (Å²) in [5, 5.41) is 13.4. The molecular weight excluding hydrogens is 382 g/mol. The van der Waals surface area contributed by atoms with E-state index in [0.29, 0.717) is 31.6 Å². The van der Waals surface area contributed by atoms with Gasteiger partial charge >= 0.3 is 0 Å². The number of rotatable bonds is 6. The number of ether oxygens (including phenoxy) is 2. The number of aromatic nitrogens is 4. The minimum absolute atomic E-state index is 0.0920. The van der Waals surface area contributed by atoms with Crippen LogP contribution in [0.5, 0.6) is 5.75 Å². The number of hydrogen-bond acceptors (Lipinski definition) is 7. The third kappa shape index (κ3) is 3.61. The fourth-order valence-electron chi connectivity index (χ4n) is 4.22. The van der Waals surface area contributed by atoms with Crippen molar-refractivity contribution in [3.63, 3.8) is 0 Å². The second-order valence-corrected chi connectivity index (χ2v) is 8.07. The summed E-state index contributed by atoms with van der Waals surface area (Å²) in [6.07, 6.45) is 2.31. The summed E-state index contributed by atoms with van der Waals surface area (Å²) >= 11 is 0. The Morgan fingerprint density at radius 1 is 1.20 bits per heavy atom. The summed E-state index contributed by atoms with van der Waals surface area (Å²) in [6, 6.07) is 8.05. The first-order valence-corrected chi connectivity index (χ1v) is 10.5. The van der Waals surface area contributed by atoms with Gasteiger partial charge in [-0.15, -0.1) is 10.2 Å². The average Bonchev–Trinajstić information content (AvgIpc) is 3.44. The van der Waals surface area contributed by atoms with Crippen LogP contribution < -0.4 is 4.74 Å². The lowest BCUT2D eigenvalue weighted by Crippen LogP contribution is -2.39. The fraction of sp³-hybridized carbons (Fsp3) is 0.500. The van der Waals surface area contributed by atoms with Gasteiger partial charge in [-0.3, -0.25) is 4.90 Å². The lowest BCUT2D eigenvalue weighted by atomic mass is 10.0. The van der Waals surface area contributed by atoms with Crippen molar-refractivity contribution < 1.29 is 13.9 Å². The Morgan fingerprint density at radius 3 is 2.87 bits per heavy atom. The van der Waals surface area contributed by atoms with Crippen molar-refractivity contribution in [2.75, 3.05) is 26.9 Å². The molecule has 1 atom stereocenters. The minimum atomic E-state index is 0.0920. The van der Waals surface area contributed by atoms with E-state index in [4.69, 9.17) is 19.0 Å². The van der Waals surface area contributed by atoms with Crippen molar-refractivity contribution in [1.82, 2.24) is 24.9 Å². The van der Waals surface area contributed by atoms with Crippen LogP contribution in [0, 0.1) is 13.8 Å². The first-order valence-electron chi connectivity index (χ1n) is 10.5. The molecule has 3 aromatic rings. The highest BCUT2D eigenvalue weighted by Crippen LogP contribution is 2.39. The molecule has 30 heavy (non-hydrogen) atoms. The van der Waals surface area contributed by atoms with E-state index in [9.17, 15) is 0 Å². The van der Waals surface area contributed by atoms with E-state index in [2.05, 4.69) is 28.9 Å². The largest absolute Gasteiger partial charge is 0.497 e. The number of morpholine rings is 1. The molecule has 1 aliphatic carbocycles. The zero-order chi connectivity index (χ0) is 20.7. The van der Waals surface area contributed by atoms with E-state index < -0.39 is 0 Å². The van der Waals surface area contributed by atoms with Gasteiger partial charge in [0.15, 0.2) is 0 Å². The molecular formula is C22H27N5O3. The first kappa shape index (κ1) is 19.3. The maximum Gasteiger partial charge on any atom is 0.230 e. The fourth-order valence-corrected chi connectivity index (χ4v) is 4.22. The van der Waals surface area contributed by atoms with Crippen LogP contribution in [0.2, 0.25) is 0 Å². The summed E-state index contributed by atoms with van der Waals surface area (Å²) in [6.45, 7) is 6.92. The molecule has 3 heterocycles. The van der Waals surface area contributed by atoms with Crippen molar-refractivity contribution in [3.05, 3.63) is 53.0 Å². The molecule has 0 bridgehead atoms. The highest BCUT2D eigenvalue weighted by atomic mass is 16.5. The van der Waals surface area contributed by atoms with E-state index in [-0.39, 0.29) is 6.04 Å². The van der Waals surface area contributed by atoms with Crippen molar-refractivity contribution >= 4 is 0 Å². The Bertz CT molecular complexity index is 1040. The minimum Gasteiger partial charge on any atom is -0.497 e. The quantitative estimate of drug-likeness (QED) is 0.618. The molecule has 0 N–H and O–H groups in total. The zero-order valence-corrected chi connectivity index (χ0v) is 17.7. The Balaban J connectivity index is 1.44. The molecule has 1 aromatic carbocycles. The molecule has 5 rings (SSSR count). The summed E-state index contributed by atoms with van der Waals surface area (Å²) in [4.78, 5) is 2.36. The highest BCUT2D eigenvalue weighted by molar-refractivity contribution is 5.42. The van der Waals surface area contributed by atoms with Crippen LogP contribution >= 0.6 is 0 Å². The smallest absolute Gasteiger partial charge is 0.230 e. The second-order valence-electron chi connectivity index (χ2n) is 8.07. The molecule has 1 saturated heterocycles. The topological polar surface area (TPSA) is 78.4 Å². The molecule has 2 aliphatic rings. The van der Waals surface area contributed by atoms with Gasteiger partial charge in [-0.2, -0.15) is 5.10 Å². The van der Waals surface area contributed by atoms with Gasteiger partial charge in [0.25, 0.3) is 0 Å². The molecule has 0 radical (unpaired) electrons. The van der Waals surface area contributed by atoms with Crippen LogP contribution in [0.15, 0.2) is 28.7 Å². The number of aryl methyl sites for hydroxylation is 1. The number of methoxy groups -OCH3 is 1. The molecule has 0 unspecified atom stereocenters.